The molecule has 2 heterocycles. The number of carbonyl (C=O) groups is 1. The number of rotatable bonds is 16. The first kappa shape index (κ1) is 37.8. The quantitative estimate of drug-likeness (QED) is 0.120. The predicted molar refractivity (Wildman–Crippen MR) is 186 cm³/mol. The Labute approximate surface area is 293 Å². The Kier molecular flexibility index (Phi) is 12.3. The van der Waals surface area contributed by atoms with Gasteiger partial charge in [0.1, 0.15) is 24.5 Å². The van der Waals surface area contributed by atoms with Gasteiger partial charge >= 0.3 is 0 Å². The summed E-state index contributed by atoms with van der Waals surface area (Å²) in [5.74, 6) is -0.303. The molecule has 1 unspecified atom stereocenters. The zero-order chi connectivity index (χ0) is 35.9. The molecule has 7 N–H and O–H groups in total. The summed E-state index contributed by atoms with van der Waals surface area (Å²) in [6, 6.07) is 19.5. The number of aliphatic hydroxyl groups is 2. The lowest BCUT2D eigenvalue weighted by Gasteiger charge is -2.38. The van der Waals surface area contributed by atoms with Crippen molar-refractivity contribution in [2.45, 2.75) is 59.4 Å². The molecule has 0 radical (unpaired) electrons. The zero-order valence-corrected chi connectivity index (χ0v) is 29.5. The SMILES string of the molecule is CNS(=O)(=O)c1cccc(OC[C@@H](O)CNC2COC3(CCN(S(=O)(=O)c4cccc(-c5ccc(CN[C@@H](CO)C(N)=O)cc5)c4)CC3)C2)c1. The van der Waals surface area contributed by atoms with Gasteiger partial charge in [0.05, 0.1) is 28.6 Å². The minimum absolute atomic E-state index is 0.0185. The van der Waals surface area contributed by atoms with Crippen molar-refractivity contribution in [3.05, 3.63) is 78.4 Å². The molecule has 3 aromatic carbocycles. The highest BCUT2D eigenvalue weighted by Gasteiger charge is 2.44. The Morgan fingerprint density at radius 2 is 1.72 bits per heavy atom. The van der Waals surface area contributed by atoms with Crippen LogP contribution < -0.4 is 25.8 Å². The molecule has 1 spiro atoms. The van der Waals surface area contributed by atoms with Gasteiger partial charge in [-0.15, -0.1) is 0 Å². The highest BCUT2D eigenvalue weighted by molar-refractivity contribution is 7.89. The smallest absolute Gasteiger partial charge is 0.243 e. The number of sulfonamides is 2. The van der Waals surface area contributed by atoms with E-state index in [-0.39, 0.29) is 29.0 Å². The Morgan fingerprint density at radius 3 is 2.40 bits per heavy atom. The molecule has 3 aromatic rings. The van der Waals surface area contributed by atoms with E-state index >= 15 is 0 Å². The Hall–Kier alpha value is -3.45. The fourth-order valence-electron chi connectivity index (χ4n) is 6.16. The van der Waals surface area contributed by atoms with Gasteiger partial charge in [0.15, 0.2) is 0 Å². The third-order valence-electron chi connectivity index (χ3n) is 9.15. The van der Waals surface area contributed by atoms with Crippen molar-refractivity contribution in [2.75, 3.05) is 46.5 Å². The average Bonchev–Trinajstić information content (AvgIpc) is 3.52. The topological polar surface area (TPSA) is 210 Å². The van der Waals surface area contributed by atoms with Gasteiger partial charge < -0.3 is 30.7 Å². The fourth-order valence-corrected chi connectivity index (χ4v) is 8.41. The molecule has 2 aliphatic rings. The van der Waals surface area contributed by atoms with Crippen molar-refractivity contribution < 1.29 is 41.3 Å². The Morgan fingerprint density at radius 1 is 1.02 bits per heavy atom. The van der Waals surface area contributed by atoms with E-state index < -0.39 is 50.3 Å². The first-order valence-corrected chi connectivity index (χ1v) is 19.3. The van der Waals surface area contributed by atoms with Crippen LogP contribution in [-0.2, 0) is 36.1 Å². The normalized spacial score (nSPS) is 19.3. The Balaban J connectivity index is 1.10. The number of amides is 1. The van der Waals surface area contributed by atoms with Crippen LogP contribution in [0.3, 0.4) is 0 Å². The van der Waals surface area contributed by atoms with Gasteiger partial charge in [-0.25, -0.2) is 21.6 Å². The van der Waals surface area contributed by atoms with E-state index in [1.165, 1.54) is 23.5 Å². The maximum atomic E-state index is 13.7. The standard InChI is InChI=1S/C34H45N5O9S2/c1-36-49(43,44)30-6-3-5-29(17-30)47-23-28(41)20-37-27-18-34(48-22-27)12-14-39(15-13-34)50(45,46)31-7-2-4-26(16-31)25-10-8-24(9-11-25)19-38-32(21-40)33(35)42/h2-11,16-17,27-28,32,36-38,40-41H,12-15,18-23H2,1H3,(H2,35,42)/t27?,28-,32-/m0/s1. The Bertz CT molecular complexity index is 1830. The summed E-state index contributed by atoms with van der Waals surface area (Å²) in [5.41, 5.74) is 7.27. The number of nitrogens with two attached hydrogens (primary N) is 1. The minimum Gasteiger partial charge on any atom is -0.491 e. The van der Waals surface area contributed by atoms with Gasteiger partial charge in [-0.05, 0) is 67.3 Å². The van der Waals surface area contributed by atoms with E-state index in [2.05, 4.69) is 15.4 Å². The number of carbonyl (C=O) groups excluding carboxylic acids is 1. The number of piperidine rings is 1. The predicted octanol–water partition coefficient (Wildman–Crippen LogP) is 0.539. The van der Waals surface area contributed by atoms with Crippen molar-refractivity contribution in [1.29, 1.82) is 0 Å². The summed E-state index contributed by atoms with van der Waals surface area (Å²) >= 11 is 0. The molecule has 3 atom stereocenters. The largest absolute Gasteiger partial charge is 0.491 e. The molecule has 0 saturated carbocycles. The second kappa shape index (κ2) is 16.3. The summed E-state index contributed by atoms with van der Waals surface area (Å²) < 4.78 is 67.0. The van der Waals surface area contributed by atoms with E-state index in [9.17, 15) is 31.8 Å². The second-order valence-corrected chi connectivity index (χ2v) is 16.4. The summed E-state index contributed by atoms with van der Waals surface area (Å²) in [5, 5.41) is 26.0. The summed E-state index contributed by atoms with van der Waals surface area (Å²) in [6.07, 6.45) is 0.929. The van der Waals surface area contributed by atoms with E-state index in [4.69, 9.17) is 15.2 Å². The van der Waals surface area contributed by atoms with Gasteiger partial charge in [-0.2, -0.15) is 4.31 Å². The molecule has 0 aromatic heterocycles. The van der Waals surface area contributed by atoms with E-state index in [0.29, 0.717) is 51.3 Å². The molecule has 0 aliphatic carbocycles. The van der Waals surface area contributed by atoms with Crippen LogP contribution in [0.15, 0.2) is 82.6 Å². The molecule has 272 valence electrons. The highest BCUT2D eigenvalue weighted by Crippen LogP contribution is 2.37. The number of nitrogens with one attached hydrogen (secondary N) is 3. The molecule has 2 saturated heterocycles. The first-order valence-electron chi connectivity index (χ1n) is 16.4. The average molecular weight is 732 g/mol. The van der Waals surface area contributed by atoms with Gasteiger partial charge in [-0.3, -0.25) is 10.1 Å². The first-order chi connectivity index (χ1) is 23.8. The molecular formula is C34H45N5O9S2. The van der Waals surface area contributed by atoms with Crippen molar-refractivity contribution in [2.24, 2.45) is 5.73 Å². The number of hydrogen-bond acceptors (Lipinski definition) is 11. The molecule has 0 bridgehead atoms. The van der Waals surface area contributed by atoms with Crippen LogP contribution in [-0.4, -0.2) is 108 Å². The summed E-state index contributed by atoms with van der Waals surface area (Å²) in [6.45, 7) is 1.23. The van der Waals surface area contributed by atoms with Crippen LogP contribution in [0.2, 0.25) is 0 Å². The molecule has 50 heavy (non-hydrogen) atoms. The molecule has 2 fully saturated rings. The summed E-state index contributed by atoms with van der Waals surface area (Å²) in [7, 11) is -6.03. The number of hydrogen-bond donors (Lipinski definition) is 6. The zero-order valence-electron chi connectivity index (χ0n) is 27.8. The van der Waals surface area contributed by atoms with Crippen molar-refractivity contribution >= 4 is 26.0 Å². The van der Waals surface area contributed by atoms with Gasteiger partial charge in [0.25, 0.3) is 0 Å². The monoisotopic (exact) mass is 731 g/mol. The van der Waals surface area contributed by atoms with Crippen molar-refractivity contribution in [3.63, 3.8) is 0 Å². The molecule has 2 aliphatic heterocycles. The maximum absolute atomic E-state index is 13.7. The fraction of sp³-hybridized carbons (Fsp3) is 0.441. The highest BCUT2D eigenvalue weighted by atomic mass is 32.2. The van der Waals surface area contributed by atoms with Crippen molar-refractivity contribution in [3.8, 4) is 16.9 Å². The van der Waals surface area contributed by atoms with E-state index in [1.54, 1.807) is 30.3 Å². The molecule has 14 nitrogen and oxygen atoms in total. The molecule has 1 amide bonds. The van der Waals surface area contributed by atoms with Crippen LogP contribution in [0.25, 0.3) is 11.1 Å². The molecular weight excluding hydrogens is 687 g/mol. The number of ether oxygens (including phenoxy) is 2. The lowest BCUT2D eigenvalue weighted by molar-refractivity contribution is -0.120. The third-order valence-corrected chi connectivity index (χ3v) is 12.5. The van der Waals surface area contributed by atoms with E-state index in [1.807, 2.05) is 30.3 Å². The van der Waals surface area contributed by atoms with Crippen LogP contribution in [0.5, 0.6) is 5.75 Å². The van der Waals surface area contributed by atoms with Crippen LogP contribution in [0.1, 0.15) is 24.8 Å². The van der Waals surface area contributed by atoms with Crippen LogP contribution >= 0.6 is 0 Å². The minimum atomic E-state index is -3.75. The number of nitrogens with zero attached hydrogens (tertiary/aromatic N) is 1. The van der Waals surface area contributed by atoms with Crippen molar-refractivity contribution in [1.82, 2.24) is 19.7 Å². The second-order valence-electron chi connectivity index (χ2n) is 12.6. The number of aliphatic hydroxyl groups excluding tert-OH is 2. The van der Waals surface area contributed by atoms with Gasteiger partial charge in [-0.1, -0.05) is 42.5 Å². The number of benzene rings is 3. The lowest BCUT2D eigenvalue weighted by atomic mass is 9.88. The number of primary amides is 1. The summed E-state index contributed by atoms with van der Waals surface area (Å²) in [4.78, 5) is 11.6. The molecule has 16 heteroatoms. The van der Waals surface area contributed by atoms with Crippen LogP contribution in [0, 0.1) is 0 Å². The third kappa shape index (κ3) is 9.25. The van der Waals surface area contributed by atoms with Gasteiger partial charge in [0, 0.05) is 38.3 Å². The van der Waals surface area contributed by atoms with Gasteiger partial charge in [0.2, 0.25) is 26.0 Å². The van der Waals surface area contributed by atoms with E-state index in [0.717, 1.165) is 16.7 Å². The molecule has 5 rings (SSSR count). The lowest BCUT2D eigenvalue weighted by Crippen LogP contribution is -2.47. The van der Waals surface area contributed by atoms with Crippen LogP contribution in [0.4, 0.5) is 0 Å². The maximum Gasteiger partial charge on any atom is 0.243 e.